The monoisotopic (exact) mass is 571 g/mol. The molecule has 1 unspecified atom stereocenters. The molecule has 0 saturated carbocycles. The average Bonchev–Trinajstić information content (AvgIpc) is 3.30. The minimum atomic E-state index is -1.26. The van der Waals surface area contributed by atoms with Crippen LogP contribution in [0, 0.1) is 0 Å². The van der Waals surface area contributed by atoms with E-state index in [1.54, 1.807) is 11.8 Å². The summed E-state index contributed by atoms with van der Waals surface area (Å²) in [6.45, 7) is 8.27. The van der Waals surface area contributed by atoms with Crippen molar-refractivity contribution in [2.45, 2.75) is 13.0 Å². The number of hydrogen-bond donors (Lipinski definition) is 3. The molecule has 5 rings (SSSR count). The van der Waals surface area contributed by atoms with Gasteiger partial charge in [-0.3, -0.25) is 14.6 Å². The number of benzene rings is 1. The van der Waals surface area contributed by atoms with Gasteiger partial charge in [-0.15, -0.1) is 4.99 Å². The van der Waals surface area contributed by atoms with Crippen LogP contribution >= 0.6 is 11.8 Å². The Morgan fingerprint density at radius 2 is 1.77 bits per heavy atom. The number of nitrogens with zero attached hydrogens (tertiary/aromatic N) is 5. The zero-order chi connectivity index (χ0) is 28.5. The number of ketones is 1. The van der Waals surface area contributed by atoms with Crippen molar-refractivity contribution in [1.82, 2.24) is 15.2 Å². The van der Waals surface area contributed by atoms with Crippen LogP contribution in [-0.4, -0.2) is 119 Å². The van der Waals surface area contributed by atoms with Crippen molar-refractivity contribution in [3.05, 3.63) is 59.3 Å². The number of guanidine groups is 1. The van der Waals surface area contributed by atoms with Crippen LogP contribution in [0.25, 0.3) is 0 Å². The summed E-state index contributed by atoms with van der Waals surface area (Å²) in [6.07, 6.45) is 4.17. The van der Waals surface area contributed by atoms with Crippen LogP contribution in [0.4, 0.5) is 0 Å². The van der Waals surface area contributed by atoms with Crippen LogP contribution in [0.5, 0.6) is 0 Å². The van der Waals surface area contributed by atoms with Gasteiger partial charge < -0.3 is 14.9 Å². The molecule has 0 radical (unpaired) electrons. The summed E-state index contributed by atoms with van der Waals surface area (Å²) in [7, 11) is 0. The fourth-order valence-electron chi connectivity index (χ4n) is 5.05. The first kappa shape index (κ1) is 29.6. The highest BCUT2D eigenvalue weighted by Gasteiger charge is 2.48. The Morgan fingerprint density at radius 3 is 2.42 bits per heavy atom. The summed E-state index contributed by atoms with van der Waals surface area (Å²) in [5.74, 6) is -1.67. The number of carbonyl (C=O) groups excluding carboxylic acids is 1. The molecule has 0 aliphatic carbocycles. The van der Waals surface area contributed by atoms with Gasteiger partial charge in [0.1, 0.15) is 18.8 Å². The van der Waals surface area contributed by atoms with E-state index in [2.05, 4.69) is 27.4 Å². The maximum Gasteiger partial charge on any atom is 0.357 e. The number of Topliss-reactive ketones (excluding diaryl/α,β-unsaturated/α-hetero) is 1. The van der Waals surface area contributed by atoms with Crippen LogP contribution in [-0.2, 0) is 25.7 Å². The molecule has 214 valence electrons. The third kappa shape index (κ3) is 7.86. The number of quaternary nitrogens is 1. The standard InChI is InChI=1S/C23H31N6O2S.C4H4O4/c1-32-23-25-22-24-21-19(15-28(16-20(21)30)14-18-6-3-2-4-7-18)17-29(22,26-23)11-5-8-27-9-12-31-13-10-27;5-3(6)1-2-4(7)8/h2-4,6-7H,5,8-17H2,1H3,(H,24,25,26);1-2H,(H,5,6)(H,7,8)/q+1;/b;2-1+. The van der Waals surface area contributed by atoms with E-state index < -0.39 is 11.9 Å². The first-order valence-electron chi connectivity index (χ1n) is 13.1. The number of nitrogens with one attached hydrogen (secondary N) is 1. The van der Waals surface area contributed by atoms with Gasteiger partial charge in [0.15, 0.2) is 5.78 Å². The van der Waals surface area contributed by atoms with Crippen LogP contribution < -0.4 is 5.43 Å². The molecule has 0 aromatic heterocycles. The number of rotatable bonds is 8. The van der Waals surface area contributed by atoms with Gasteiger partial charge in [-0.2, -0.15) is 9.58 Å². The van der Waals surface area contributed by atoms with Crippen LogP contribution in [0.2, 0.25) is 0 Å². The van der Waals surface area contributed by atoms with Gasteiger partial charge in [-0.05, 0) is 11.8 Å². The molecule has 1 aromatic carbocycles. The molecule has 12 nitrogen and oxygen atoms in total. The normalized spacial score (nSPS) is 23.0. The second-order valence-electron chi connectivity index (χ2n) is 9.82. The molecule has 1 saturated heterocycles. The Balaban J connectivity index is 0.000000406. The molecule has 3 N–H and O–H groups in total. The molecule has 40 heavy (non-hydrogen) atoms. The lowest BCUT2D eigenvalue weighted by atomic mass is 10.0. The number of amidine groups is 1. The molecule has 1 atom stereocenters. The highest BCUT2D eigenvalue weighted by atomic mass is 32.2. The number of carboxylic acids is 2. The van der Waals surface area contributed by atoms with Crippen LogP contribution in [0.15, 0.2) is 63.7 Å². The van der Waals surface area contributed by atoms with E-state index in [4.69, 9.17) is 24.9 Å². The fraction of sp³-hybridized carbons (Fsp3) is 0.444. The van der Waals surface area contributed by atoms with Crippen molar-refractivity contribution < 1.29 is 33.9 Å². The van der Waals surface area contributed by atoms with E-state index in [9.17, 15) is 14.4 Å². The Bertz CT molecular complexity index is 1210. The molecule has 4 aliphatic rings. The Labute approximate surface area is 237 Å². The second kappa shape index (κ2) is 13.8. The SMILES string of the molecule is CSC1=NC2=NC3=C(CN(Cc4ccccc4)CC3=O)C[N+]2(CCCN2CCOCC2)N1.O=C(O)/C=C/C(=O)O. The predicted molar refractivity (Wildman–Crippen MR) is 152 cm³/mol. The third-order valence-electron chi connectivity index (χ3n) is 6.88. The van der Waals surface area contributed by atoms with E-state index in [1.165, 1.54) is 5.56 Å². The fourth-order valence-corrected chi connectivity index (χ4v) is 5.49. The van der Waals surface area contributed by atoms with Gasteiger partial charge in [-0.1, -0.05) is 42.1 Å². The minimum Gasteiger partial charge on any atom is -0.478 e. The van der Waals surface area contributed by atoms with Gasteiger partial charge in [0, 0.05) is 56.9 Å². The van der Waals surface area contributed by atoms with E-state index >= 15 is 0 Å². The lowest BCUT2D eigenvalue weighted by Gasteiger charge is -2.38. The molecule has 1 fully saturated rings. The Morgan fingerprint density at radius 1 is 1.07 bits per heavy atom. The predicted octanol–water partition coefficient (Wildman–Crippen LogP) is 1.18. The number of ether oxygens (including phenoxy) is 1. The lowest BCUT2D eigenvalue weighted by Crippen LogP contribution is -2.62. The van der Waals surface area contributed by atoms with Gasteiger partial charge in [-0.25, -0.2) is 15.0 Å². The molecular formula is C27H35N6O6S+. The van der Waals surface area contributed by atoms with Crippen molar-refractivity contribution >= 4 is 40.6 Å². The summed E-state index contributed by atoms with van der Waals surface area (Å²) >= 11 is 1.60. The van der Waals surface area contributed by atoms with Gasteiger partial charge >= 0.3 is 17.9 Å². The van der Waals surface area contributed by atoms with E-state index in [0.29, 0.717) is 29.0 Å². The van der Waals surface area contributed by atoms with Crippen molar-refractivity contribution in [2.75, 3.05) is 65.3 Å². The molecule has 0 bridgehead atoms. The van der Waals surface area contributed by atoms with E-state index in [-0.39, 0.29) is 5.78 Å². The first-order chi connectivity index (χ1) is 19.3. The number of morpholine rings is 1. The maximum absolute atomic E-state index is 13.0. The number of hydrogen-bond acceptors (Lipinski definition) is 10. The number of aliphatic imine (C=N–C) groups is 2. The number of fused-ring (bicyclic) bond motifs is 1. The number of thioether (sulfide) groups is 1. The molecule has 13 heteroatoms. The highest BCUT2D eigenvalue weighted by molar-refractivity contribution is 8.13. The largest absolute Gasteiger partial charge is 0.478 e. The topological polar surface area (TPSA) is 144 Å². The molecule has 0 spiro atoms. The zero-order valence-corrected chi connectivity index (χ0v) is 23.3. The molecule has 1 aromatic rings. The molecule has 4 heterocycles. The highest BCUT2D eigenvalue weighted by Crippen LogP contribution is 2.30. The Kier molecular flexibility index (Phi) is 10.2. The van der Waals surface area contributed by atoms with Crippen molar-refractivity contribution in [3.63, 3.8) is 0 Å². The Hall–Kier alpha value is -3.36. The van der Waals surface area contributed by atoms with E-state index in [1.807, 2.05) is 24.5 Å². The van der Waals surface area contributed by atoms with Crippen molar-refractivity contribution in [3.8, 4) is 0 Å². The summed E-state index contributed by atoms with van der Waals surface area (Å²) in [5.41, 5.74) is 6.61. The van der Waals surface area contributed by atoms with Crippen molar-refractivity contribution in [1.29, 1.82) is 0 Å². The minimum absolute atomic E-state index is 0.105. The third-order valence-corrected chi connectivity index (χ3v) is 7.45. The molecule has 4 aliphatic heterocycles. The average molecular weight is 572 g/mol. The first-order valence-corrected chi connectivity index (χ1v) is 14.3. The summed E-state index contributed by atoms with van der Waals surface area (Å²) in [4.78, 5) is 46.3. The van der Waals surface area contributed by atoms with Crippen molar-refractivity contribution in [2.24, 2.45) is 9.98 Å². The summed E-state index contributed by atoms with van der Waals surface area (Å²) in [6, 6.07) is 10.4. The molecule has 0 amide bonds. The van der Waals surface area contributed by atoms with Gasteiger partial charge in [0.05, 0.1) is 19.8 Å². The van der Waals surface area contributed by atoms with Gasteiger partial charge in [0.25, 0.3) is 0 Å². The molecular weight excluding hydrogens is 536 g/mol. The number of carbonyl (C=O) groups is 3. The van der Waals surface area contributed by atoms with Gasteiger partial charge in [0.2, 0.25) is 5.17 Å². The van der Waals surface area contributed by atoms with E-state index in [0.717, 1.165) is 82.1 Å². The summed E-state index contributed by atoms with van der Waals surface area (Å²) in [5, 5.41) is 16.5. The number of aliphatic carboxylic acids is 2. The maximum atomic E-state index is 13.0. The van der Waals surface area contributed by atoms with Crippen LogP contribution in [0.1, 0.15) is 12.0 Å². The quantitative estimate of drug-likeness (QED) is 0.307. The number of carboxylic acid groups (broad SMARTS) is 2. The smallest absolute Gasteiger partial charge is 0.357 e. The van der Waals surface area contributed by atoms with Crippen LogP contribution in [0.3, 0.4) is 0 Å². The summed E-state index contributed by atoms with van der Waals surface area (Å²) < 4.78 is 5.99. The lowest BCUT2D eigenvalue weighted by molar-refractivity contribution is -0.869. The second-order valence-corrected chi connectivity index (χ2v) is 10.6. The zero-order valence-electron chi connectivity index (χ0n) is 22.5.